The zero-order valence-electron chi connectivity index (χ0n) is 10.9. The van der Waals surface area contributed by atoms with E-state index in [-0.39, 0.29) is 5.69 Å². The SMILES string of the molecule is CCN(CC)CCCNc1ncccc1[N+](=O)[O-]. The van der Waals surface area contributed by atoms with E-state index in [0.29, 0.717) is 12.4 Å². The van der Waals surface area contributed by atoms with Gasteiger partial charge in [-0.3, -0.25) is 10.1 Å². The van der Waals surface area contributed by atoms with E-state index in [1.807, 2.05) is 0 Å². The van der Waals surface area contributed by atoms with Crippen LogP contribution in [0, 0.1) is 10.1 Å². The smallest absolute Gasteiger partial charge is 0.311 e. The summed E-state index contributed by atoms with van der Waals surface area (Å²) in [5.74, 6) is 0.349. The highest BCUT2D eigenvalue weighted by molar-refractivity contribution is 5.54. The van der Waals surface area contributed by atoms with Crippen LogP contribution in [-0.4, -0.2) is 41.0 Å². The van der Waals surface area contributed by atoms with Gasteiger partial charge >= 0.3 is 5.69 Å². The van der Waals surface area contributed by atoms with Crippen molar-refractivity contribution in [1.82, 2.24) is 9.88 Å². The summed E-state index contributed by atoms with van der Waals surface area (Å²) >= 11 is 0. The number of nitrogens with one attached hydrogen (secondary N) is 1. The molecule has 0 saturated carbocycles. The van der Waals surface area contributed by atoms with Gasteiger partial charge in [0.15, 0.2) is 0 Å². The Morgan fingerprint density at radius 3 is 2.78 bits per heavy atom. The monoisotopic (exact) mass is 252 g/mol. The van der Waals surface area contributed by atoms with Gasteiger partial charge in [-0.15, -0.1) is 0 Å². The number of rotatable bonds is 8. The molecule has 0 radical (unpaired) electrons. The second-order valence-electron chi connectivity index (χ2n) is 3.94. The molecular weight excluding hydrogens is 232 g/mol. The Morgan fingerprint density at radius 2 is 2.17 bits per heavy atom. The minimum Gasteiger partial charge on any atom is -0.364 e. The fourth-order valence-electron chi connectivity index (χ4n) is 1.73. The van der Waals surface area contributed by atoms with Gasteiger partial charge in [0.2, 0.25) is 5.82 Å². The predicted molar refractivity (Wildman–Crippen MR) is 71.8 cm³/mol. The van der Waals surface area contributed by atoms with E-state index in [0.717, 1.165) is 26.1 Å². The van der Waals surface area contributed by atoms with E-state index in [2.05, 4.69) is 29.0 Å². The topological polar surface area (TPSA) is 71.3 Å². The van der Waals surface area contributed by atoms with Crippen molar-refractivity contribution in [3.05, 3.63) is 28.4 Å². The lowest BCUT2D eigenvalue weighted by molar-refractivity contribution is -0.384. The van der Waals surface area contributed by atoms with Gasteiger partial charge in [0.25, 0.3) is 0 Å². The highest BCUT2D eigenvalue weighted by Crippen LogP contribution is 2.19. The first-order chi connectivity index (χ1) is 8.69. The summed E-state index contributed by atoms with van der Waals surface area (Å²) in [5.41, 5.74) is 0.0281. The van der Waals surface area contributed by atoms with Gasteiger partial charge in [-0.2, -0.15) is 0 Å². The van der Waals surface area contributed by atoms with Crippen LogP contribution in [0.3, 0.4) is 0 Å². The van der Waals surface area contributed by atoms with E-state index in [1.165, 1.54) is 6.07 Å². The number of anilines is 1. The van der Waals surface area contributed by atoms with Crippen LogP contribution in [-0.2, 0) is 0 Å². The third kappa shape index (κ3) is 4.29. The third-order valence-corrected chi connectivity index (χ3v) is 2.82. The van der Waals surface area contributed by atoms with Crippen molar-refractivity contribution in [3.8, 4) is 0 Å². The van der Waals surface area contributed by atoms with Crippen molar-refractivity contribution in [2.45, 2.75) is 20.3 Å². The Labute approximate surface area is 107 Å². The van der Waals surface area contributed by atoms with Crippen molar-refractivity contribution >= 4 is 11.5 Å². The second-order valence-corrected chi connectivity index (χ2v) is 3.94. The molecule has 1 aromatic heterocycles. The highest BCUT2D eigenvalue weighted by Gasteiger charge is 2.12. The molecule has 0 atom stereocenters. The Morgan fingerprint density at radius 1 is 1.44 bits per heavy atom. The van der Waals surface area contributed by atoms with Crippen molar-refractivity contribution in [2.24, 2.45) is 0 Å². The first kappa shape index (κ1) is 14.4. The summed E-state index contributed by atoms with van der Waals surface area (Å²) in [6.07, 6.45) is 2.50. The van der Waals surface area contributed by atoms with Crippen LogP contribution in [0.2, 0.25) is 0 Å². The second kappa shape index (κ2) is 7.60. The van der Waals surface area contributed by atoms with Gasteiger partial charge in [-0.05, 0) is 32.1 Å². The van der Waals surface area contributed by atoms with Gasteiger partial charge in [-0.25, -0.2) is 4.98 Å². The number of nitrogens with zero attached hydrogens (tertiary/aromatic N) is 3. The summed E-state index contributed by atoms with van der Waals surface area (Å²) in [7, 11) is 0. The number of hydrogen-bond acceptors (Lipinski definition) is 5. The summed E-state index contributed by atoms with van der Waals surface area (Å²) in [4.78, 5) is 16.7. The molecule has 0 aromatic carbocycles. The van der Waals surface area contributed by atoms with Crippen LogP contribution in [0.4, 0.5) is 11.5 Å². The summed E-state index contributed by atoms with van der Waals surface area (Å²) in [6, 6.07) is 3.03. The molecule has 0 aliphatic heterocycles. The summed E-state index contributed by atoms with van der Waals surface area (Å²) in [6.45, 7) is 7.98. The average molecular weight is 252 g/mol. The summed E-state index contributed by atoms with van der Waals surface area (Å²) in [5, 5.41) is 13.8. The molecule has 1 rings (SSSR count). The quantitative estimate of drug-likeness (QED) is 0.436. The fraction of sp³-hybridized carbons (Fsp3) is 0.583. The van der Waals surface area contributed by atoms with Crippen LogP contribution in [0.1, 0.15) is 20.3 Å². The van der Waals surface area contributed by atoms with Gasteiger partial charge in [0, 0.05) is 18.8 Å². The zero-order chi connectivity index (χ0) is 13.4. The molecular formula is C12H20N4O2. The number of hydrogen-bond donors (Lipinski definition) is 1. The first-order valence-electron chi connectivity index (χ1n) is 6.24. The molecule has 0 spiro atoms. The van der Waals surface area contributed by atoms with Gasteiger partial charge in [0.05, 0.1) is 4.92 Å². The van der Waals surface area contributed by atoms with Gasteiger partial charge in [-0.1, -0.05) is 13.8 Å². The molecule has 0 aliphatic rings. The largest absolute Gasteiger partial charge is 0.364 e. The van der Waals surface area contributed by atoms with Crippen LogP contribution in [0.15, 0.2) is 18.3 Å². The van der Waals surface area contributed by atoms with Gasteiger partial charge in [0.1, 0.15) is 0 Å². The lowest BCUT2D eigenvalue weighted by Gasteiger charge is -2.17. The van der Waals surface area contributed by atoms with Crippen molar-refractivity contribution in [3.63, 3.8) is 0 Å². The van der Waals surface area contributed by atoms with E-state index in [1.54, 1.807) is 12.3 Å². The Balaban J connectivity index is 2.42. The molecule has 0 aliphatic carbocycles. The molecule has 0 saturated heterocycles. The van der Waals surface area contributed by atoms with E-state index in [4.69, 9.17) is 0 Å². The number of aromatic nitrogens is 1. The average Bonchev–Trinajstić information content (AvgIpc) is 2.39. The van der Waals surface area contributed by atoms with Crippen LogP contribution in [0.5, 0.6) is 0 Å². The van der Waals surface area contributed by atoms with Gasteiger partial charge < -0.3 is 10.2 Å². The molecule has 1 N–H and O–H groups in total. The lowest BCUT2D eigenvalue weighted by Crippen LogP contribution is -2.25. The maximum absolute atomic E-state index is 10.8. The van der Waals surface area contributed by atoms with Crippen molar-refractivity contribution in [2.75, 3.05) is 31.5 Å². The molecule has 6 nitrogen and oxygen atoms in total. The minimum absolute atomic E-state index is 0.0281. The number of nitro groups is 1. The molecule has 0 unspecified atom stereocenters. The molecule has 0 amide bonds. The highest BCUT2D eigenvalue weighted by atomic mass is 16.6. The molecule has 0 fully saturated rings. The maximum atomic E-state index is 10.8. The first-order valence-corrected chi connectivity index (χ1v) is 6.24. The molecule has 6 heteroatoms. The molecule has 18 heavy (non-hydrogen) atoms. The normalized spacial score (nSPS) is 10.6. The maximum Gasteiger partial charge on any atom is 0.311 e. The number of pyridine rings is 1. The zero-order valence-corrected chi connectivity index (χ0v) is 10.9. The Kier molecular flexibility index (Phi) is 6.07. The Hall–Kier alpha value is -1.69. The van der Waals surface area contributed by atoms with Crippen molar-refractivity contribution in [1.29, 1.82) is 0 Å². The van der Waals surface area contributed by atoms with E-state index >= 15 is 0 Å². The predicted octanol–water partition coefficient (Wildman–Crippen LogP) is 2.13. The third-order valence-electron chi connectivity index (χ3n) is 2.82. The van der Waals surface area contributed by atoms with Crippen LogP contribution < -0.4 is 5.32 Å². The standard InChI is InChI=1S/C12H20N4O2/c1-3-15(4-2)10-6-9-14-12-11(16(17)18)7-5-8-13-12/h5,7-8H,3-4,6,9-10H2,1-2H3,(H,13,14). The molecule has 100 valence electrons. The van der Waals surface area contributed by atoms with E-state index in [9.17, 15) is 10.1 Å². The fourth-order valence-corrected chi connectivity index (χ4v) is 1.73. The Bertz CT molecular complexity index is 380. The van der Waals surface area contributed by atoms with Crippen LogP contribution >= 0.6 is 0 Å². The van der Waals surface area contributed by atoms with Crippen molar-refractivity contribution < 1.29 is 4.92 Å². The summed E-state index contributed by atoms with van der Waals surface area (Å²) < 4.78 is 0. The molecule has 1 aromatic rings. The minimum atomic E-state index is -0.417. The van der Waals surface area contributed by atoms with Crippen LogP contribution in [0.25, 0.3) is 0 Å². The van der Waals surface area contributed by atoms with E-state index < -0.39 is 4.92 Å². The molecule has 0 bridgehead atoms. The molecule has 1 heterocycles. The lowest BCUT2D eigenvalue weighted by atomic mass is 10.3.